The lowest BCUT2D eigenvalue weighted by molar-refractivity contribution is 0.118. The topological polar surface area (TPSA) is 36.0 Å². The van der Waals surface area contributed by atoms with Crippen LogP contribution in [-0.4, -0.2) is 10.1 Å². The minimum absolute atomic E-state index is 0.654. The quantitative estimate of drug-likeness (QED) is 0.655. The van der Waals surface area contributed by atoms with Gasteiger partial charge in [0.05, 0.1) is 5.69 Å². The van der Waals surface area contributed by atoms with Gasteiger partial charge in [0.2, 0.25) is 0 Å². The van der Waals surface area contributed by atoms with E-state index in [0.29, 0.717) is 5.69 Å². The molecule has 2 heteroatoms. The van der Waals surface area contributed by atoms with Crippen molar-refractivity contribution in [2.75, 3.05) is 0 Å². The minimum atomic E-state index is -1.22. The van der Waals surface area contributed by atoms with Gasteiger partial charge in [-0.1, -0.05) is 24.1 Å². The van der Waals surface area contributed by atoms with E-state index in [1.54, 1.807) is 6.92 Å². The summed E-state index contributed by atoms with van der Waals surface area (Å²) in [5, 5.41) is 10.9. The van der Waals surface area contributed by atoms with Crippen molar-refractivity contribution in [1.82, 2.24) is 4.98 Å². The summed E-state index contributed by atoms with van der Waals surface area (Å²) < 4.78 is 0. The van der Waals surface area contributed by atoms with Crippen LogP contribution >= 0.6 is 0 Å². The second kappa shape index (κ2) is 2.90. The van der Waals surface area contributed by atoms with E-state index in [0.717, 1.165) is 10.9 Å². The number of H-pyrrole nitrogens is 1. The number of fused-ring (bicyclic) bond motifs is 1. The Balaban J connectivity index is 2.62. The number of hydrogen-bond donors (Lipinski definition) is 2. The van der Waals surface area contributed by atoms with Gasteiger partial charge in [-0.15, -0.1) is 6.42 Å². The van der Waals surface area contributed by atoms with Gasteiger partial charge in [-0.2, -0.15) is 0 Å². The molecule has 2 N–H and O–H groups in total. The maximum atomic E-state index is 9.83. The van der Waals surface area contributed by atoms with E-state index in [4.69, 9.17) is 6.42 Å². The normalized spacial score (nSPS) is 14.9. The Morgan fingerprint density at radius 3 is 2.79 bits per heavy atom. The molecule has 1 heterocycles. The van der Waals surface area contributed by atoms with Crippen molar-refractivity contribution < 1.29 is 5.11 Å². The number of aromatic amines is 1. The second-order valence-electron chi connectivity index (χ2n) is 3.49. The van der Waals surface area contributed by atoms with Gasteiger partial charge in [0.15, 0.2) is 5.60 Å². The first-order chi connectivity index (χ1) is 6.63. The molecule has 0 amide bonds. The average molecular weight is 185 g/mol. The highest BCUT2D eigenvalue weighted by Crippen LogP contribution is 2.23. The highest BCUT2D eigenvalue weighted by Gasteiger charge is 2.21. The van der Waals surface area contributed by atoms with Crippen molar-refractivity contribution in [3.05, 3.63) is 36.0 Å². The van der Waals surface area contributed by atoms with Gasteiger partial charge in [0.25, 0.3) is 0 Å². The minimum Gasteiger partial charge on any atom is -0.372 e. The average Bonchev–Trinajstić information content (AvgIpc) is 2.61. The molecule has 2 aromatic rings. The van der Waals surface area contributed by atoms with Gasteiger partial charge < -0.3 is 10.1 Å². The number of benzene rings is 1. The second-order valence-corrected chi connectivity index (χ2v) is 3.49. The van der Waals surface area contributed by atoms with Crippen LogP contribution < -0.4 is 0 Å². The summed E-state index contributed by atoms with van der Waals surface area (Å²) in [5.41, 5.74) is 0.415. The summed E-state index contributed by atoms with van der Waals surface area (Å²) >= 11 is 0. The molecular formula is C12H11NO. The zero-order valence-corrected chi connectivity index (χ0v) is 7.91. The summed E-state index contributed by atoms with van der Waals surface area (Å²) in [5.74, 6) is 2.34. The maximum Gasteiger partial charge on any atom is 0.162 e. The molecule has 14 heavy (non-hydrogen) atoms. The molecule has 0 spiro atoms. The Hall–Kier alpha value is -1.72. The van der Waals surface area contributed by atoms with Gasteiger partial charge in [0, 0.05) is 5.52 Å². The van der Waals surface area contributed by atoms with Crippen LogP contribution in [0.15, 0.2) is 30.3 Å². The van der Waals surface area contributed by atoms with Crippen molar-refractivity contribution >= 4 is 10.9 Å². The molecule has 0 aliphatic carbocycles. The molecule has 2 nitrogen and oxygen atoms in total. The van der Waals surface area contributed by atoms with Crippen LogP contribution in [0, 0.1) is 12.3 Å². The van der Waals surface area contributed by atoms with Crippen LogP contribution in [0.3, 0.4) is 0 Å². The fourth-order valence-electron chi connectivity index (χ4n) is 1.41. The standard InChI is InChI=1S/C12H11NO/c1-3-12(2,14)11-8-9-6-4-5-7-10(9)13-11/h1,4-8,13-14H,2H3. The lowest BCUT2D eigenvalue weighted by Gasteiger charge is -2.13. The lowest BCUT2D eigenvalue weighted by atomic mass is 10.0. The molecule has 0 fully saturated rings. The largest absolute Gasteiger partial charge is 0.372 e. The first-order valence-electron chi connectivity index (χ1n) is 4.42. The SMILES string of the molecule is C#CC(C)(O)c1cc2ccccc2[nH]1. The zero-order chi connectivity index (χ0) is 10.2. The number of rotatable bonds is 1. The summed E-state index contributed by atoms with van der Waals surface area (Å²) in [4.78, 5) is 3.09. The van der Waals surface area contributed by atoms with Gasteiger partial charge >= 0.3 is 0 Å². The molecule has 0 bridgehead atoms. The summed E-state index contributed by atoms with van der Waals surface area (Å²) in [6.07, 6.45) is 5.24. The van der Waals surface area contributed by atoms with Crippen LogP contribution in [0.5, 0.6) is 0 Å². The number of nitrogens with one attached hydrogen (secondary N) is 1. The summed E-state index contributed by atoms with van der Waals surface area (Å²) in [7, 11) is 0. The third-order valence-electron chi connectivity index (χ3n) is 2.34. The Kier molecular flexibility index (Phi) is 1.83. The summed E-state index contributed by atoms with van der Waals surface area (Å²) in [6, 6.07) is 9.68. The first kappa shape index (κ1) is 8.86. The van der Waals surface area contributed by atoms with Crippen molar-refractivity contribution in [2.45, 2.75) is 12.5 Å². The predicted molar refractivity (Wildman–Crippen MR) is 56.7 cm³/mol. The van der Waals surface area contributed by atoms with Crippen LogP contribution in [-0.2, 0) is 5.60 Å². The van der Waals surface area contributed by atoms with E-state index in [1.807, 2.05) is 30.3 Å². The van der Waals surface area contributed by atoms with Crippen LogP contribution in [0.4, 0.5) is 0 Å². The lowest BCUT2D eigenvalue weighted by Crippen LogP contribution is -2.18. The molecule has 1 aromatic heterocycles. The van der Waals surface area contributed by atoms with E-state index in [-0.39, 0.29) is 0 Å². The van der Waals surface area contributed by atoms with Crippen LogP contribution in [0.2, 0.25) is 0 Å². The molecule has 70 valence electrons. The smallest absolute Gasteiger partial charge is 0.162 e. The number of aliphatic hydroxyl groups is 1. The molecular weight excluding hydrogens is 174 g/mol. The number of aromatic nitrogens is 1. The molecule has 0 saturated carbocycles. The van der Waals surface area contributed by atoms with Crippen molar-refractivity contribution in [3.8, 4) is 12.3 Å². The molecule has 0 saturated heterocycles. The van der Waals surface area contributed by atoms with Crippen molar-refractivity contribution in [1.29, 1.82) is 0 Å². The molecule has 0 radical (unpaired) electrons. The first-order valence-corrected chi connectivity index (χ1v) is 4.42. The van der Waals surface area contributed by atoms with Crippen LogP contribution in [0.1, 0.15) is 12.6 Å². The number of terminal acetylenes is 1. The molecule has 0 aliphatic heterocycles. The van der Waals surface area contributed by atoms with Gasteiger partial charge in [-0.3, -0.25) is 0 Å². The number of hydrogen-bond acceptors (Lipinski definition) is 1. The maximum absolute atomic E-state index is 9.83. The fourth-order valence-corrected chi connectivity index (χ4v) is 1.41. The van der Waals surface area contributed by atoms with E-state index in [9.17, 15) is 5.11 Å². The van der Waals surface area contributed by atoms with E-state index < -0.39 is 5.60 Å². The Morgan fingerprint density at radius 1 is 1.43 bits per heavy atom. The van der Waals surface area contributed by atoms with Gasteiger partial charge in [0.1, 0.15) is 0 Å². The summed E-state index contributed by atoms with van der Waals surface area (Å²) in [6.45, 7) is 1.59. The molecule has 1 unspecified atom stereocenters. The molecule has 2 rings (SSSR count). The van der Waals surface area contributed by atoms with E-state index >= 15 is 0 Å². The van der Waals surface area contributed by atoms with E-state index in [2.05, 4.69) is 10.9 Å². The van der Waals surface area contributed by atoms with E-state index in [1.165, 1.54) is 0 Å². The highest BCUT2D eigenvalue weighted by atomic mass is 16.3. The Morgan fingerprint density at radius 2 is 2.14 bits per heavy atom. The molecule has 1 atom stereocenters. The highest BCUT2D eigenvalue weighted by molar-refractivity contribution is 5.80. The Labute approximate surface area is 82.6 Å². The van der Waals surface area contributed by atoms with Crippen molar-refractivity contribution in [2.24, 2.45) is 0 Å². The van der Waals surface area contributed by atoms with Gasteiger partial charge in [-0.25, -0.2) is 0 Å². The van der Waals surface area contributed by atoms with Crippen LogP contribution in [0.25, 0.3) is 10.9 Å². The third kappa shape index (κ3) is 1.28. The fraction of sp³-hybridized carbons (Fsp3) is 0.167. The molecule has 1 aromatic carbocycles. The van der Waals surface area contributed by atoms with Crippen molar-refractivity contribution in [3.63, 3.8) is 0 Å². The molecule has 0 aliphatic rings. The van der Waals surface area contributed by atoms with Gasteiger partial charge in [-0.05, 0) is 24.4 Å². The zero-order valence-electron chi connectivity index (χ0n) is 7.91. The number of para-hydroxylation sites is 1. The Bertz CT molecular complexity index is 469. The monoisotopic (exact) mass is 185 g/mol. The third-order valence-corrected chi connectivity index (χ3v) is 2.34. The predicted octanol–water partition coefficient (Wildman–Crippen LogP) is 2.01.